The molecule has 0 N–H and O–H groups in total. The molecule has 0 fully saturated rings. The van der Waals surface area contributed by atoms with Crippen LogP contribution in [0.2, 0.25) is 0 Å². The van der Waals surface area contributed by atoms with Gasteiger partial charge in [0.1, 0.15) is 0 Å². The lowest BCUT2D eigenvalue weighted by Gasteiger charge is -2.16. The third-order valence-corrected chi connectivity index (χ3v) is 7.27. The maximum atomic E-state index is 5.92. The minimum absolute atomic E-state index is 0.625. The molecule has 0 atom stereocenters. The van der Waals surface area contributed by atoms with Gasteiger partial charge >= 0.3 is 9.28 Å². The fraction of sp³-hybridized carbons (Fsp3) is 0.192. The van der Waals surface area contributed by atoms with Gasteiger partial charge in [-0.05, 0) is 73.5 Å². The van der Waals surface area contributed by atoms with Crippen molar-refractivity contribution in [1.82, 2.24) is 15.0 Å². The number of hydrogen-bond donors (Lipinski definition) is 0. The molecule has 5 nitrogen and oxygen atoms in total. The highest BCUT2D eigenvalue weighted by Gasteiger charge is 2.18. The topological polar surface area (TPSA) is 57.1 Å². The zero-order valence-corrected chi connectivity index (χ0v) is 19.8. The Morgan fingerprint density at radius 3 is 2.03 bits per heavy atom. The van der Waals surface area contributed by atoms with Gasteiger partial charge in [-0.3, -0.25) is 9.97 Å². The van der Waals surface area contributed by atoms with Crippen molar-refractivity contribution in [2.45, 2.75) is 20.8 Å². The number of benzene rings is 1. The van der Waals surface area contributed by atoms with Gasteiger partial charge in [0.15, 0.2) is 0 Å². The van der Waals surface area contributed by atoms with Crippen molar-refractivity contribution in [1.29, 1.82) is 0 Å². The van der Waals surface area contributed by atoms with Gasteiger partial charge in [0.25, 0.3) is 0 Å². The summed E-state index contributed by atoms with van der Waals surface area (Å²) in [5.74, 6) is 0. The molecule has 32 heavy (non-hydrogen) atoms. The third-order valence-electron chi connectivity index (χ3n) is 5.09. The maximum absolute atomic E-state index is 5.92. The molecule has 0 amide bonds. The predicted molar refractivity (Wildman–Crippen MR) is 131 cm³/mol. The first kappa shape index (κ1) is 22.0. The summed E-state index contributed by atoms with van der Waals surface area (Å²) in [6.07, 6.45) is 3.60. The summed E-state index contributed by atoms with van der Waals surface area (Å²) < 4.78 is 11.8. The number of aromatic nitrogens is 3. The van der Waals surface area contributed by atoms with Crippen LogP contribution in [-0.4, -0.2) is 37.4 Å². The Morgan fingerprint density at radius 1 is 0.688 bits per heavy atom. The van der Waals surface area contributed by atoms with Crippen LogP contribution in [0.1, 0.15) is 19.4 Å². The lowest BCUT2D eigenvalue weighted by molar-refractivity contribution is 0.225. The van der Waals surface area contributed by atoms with E-state index in [1.165, 1.54) is 5.56 Å². The molecular formula is C26H27N3O2Si. The molecule has 162 valence electrons. The van der Waals surface area contributed by atoms with Crippen molar-refractivity contribution in [3.8, 4) is 33.9 Å². The van der Waals surface area contributed by atoms with Crippen LogP contribution in [0.3, 0.4) is 0 Å². The predicted octanol–water partition coefficient (Wildman–Crippen LogP) is 4.68. The van der Waals surface area contributed by atoms with Crippen molar-refractivity contribution < 1.29 is 8.85 Å². The van der Waals surface area contributed by atoms with Crippen molar-refractivity contribution in [2.75, 3.05) is 13.2 Å². The van der Waals surface area contributed by atoms with Gasteiger partial charge in [0, 0.05) is 25.6 Å². The Morgan fingerprint density at radius 2 is 1.38 bits per heavy atom. The van der Waals surface area contributed by atoms with Crippen LogP contribution in [-0.2, 0) is 8.85 Å². The van der Waals surface area contributed by atoms with Gasteiger partial charge in [-0.2, -0.15) is 0 Å². The van der Waals surface area contributed by atoms with Crippen molar-refractivity contribution in [3.63, 3.8) is 0 Å². The normalized spacial score (nSPS) is 11.1. The standard InChI is InChI=1S/C26H27N3O2Si/c1-4-30-32(31-5-2)22-13-15-28-24(18-22)26-17-21(20-11-9-19(3)10-12-20)16-25(29-26)23-8-6-7-14-27-23/h6-18,32H,4-5H2,1-3H3. The van der Waals surface area contributed by atoms with Gasteiger partial charge in [0.05, 0.1) is 22.8 Å². The van der Waals surface area contributed by atoms with Crippen molar-refractivity contribution >= 4 is 14.5 Å². The molecule has 0 aliphatic rings. The molecule has 0 unspecified atom stereocenters. The zero-order valence-electron chi connectivity index (χ0n) is 18.7. The number of hydrogen-bond acceptors (Lipinski definition) is 5. The van der Waals surface area contributed by atoms with E-state index in [0.29, 0.717) is 13.2 Å². The first-order valence-corrected chi connectivity index (χ1v) is 12.4. The second kappa shape index (κ2) is 10.4. The first-order valence-electron chi connectivity index (χ1n) is 10.9. The Labute approximate surface area is 191 Å². The molecule has 0 aliphatic heterocycles. The molecule has 1 aromatic carbocycles. The molecule has 0 radical (unpaired) electrons. The van der Waals surface area contributed by atoms with E-state index < -0.39 is 9.28 Å². The highest BCUT2D eigenvalue weighted by Crippen LogP contribution is 2.28. The minimum Gasteiger partial charge on any atom is -0.394 e. The average Bonchev–Trinajstić information content (AvgIpc) is 2.85. The lowest BCUT2D eigenvalue weighted by atomic mass is 10.0. The van der Waals surface area contributed by atoms with Gasteiger partial charge in [-0.25, -0.2) is 4.98 Å². The summed E-state index contributed by atoms with van der Waals surface area (Å²) in [5.41, 5.74) is 6.67. The van der Waals surface area contributed by atoms with Crippen LogP contribution in [0, 0.1) is 6.92 Å². The number of nitrogens with zero attached hydrogens (tertiary/aromatic N) is 3. The molecule has 4 aromatic rings. The van der Waals surface area contributed by atoms with E-state index in [9.17, 15) is 0 Å². The average molecular weight is 442 g/mol. The molecule has 0 spiro atoms. The maximum Gasteiger partial charge on any atom is 0.355 e. The number of rotatable bonds is 8. The molecule has 3 heterocycles. The second-order valence-corrected chi connectivity index (χ2v) is 9.42. The number of pyridine rings is 3. The summed E-state index contributed by atoms with van der Waals surface area (Å²) in [6, 6.07) is 22.6. The van der Waals surface area contributed by atoms with Gasteiger partial charge in [-0.1, -0.05) is 35.9 Å². The van der Waals surface area contributed by atoms with Crippen molar-refractivity contribution in [3.05, 3.63) is 84.7 Å². The molecule has 0 saturated heterocycles. The van der Waals surface area contributed by atoms with Crippen LogP contribution in [0.25, 0.3) is 33.9 Å². The van der Waals surface area contributed by atoms with Crippen molar-refractivity contribution in [2.24, 2.45) is 0 Å². The first-order chi connectivity index (χ1) is 15.7. The van der Waals surface area contributed by atoms with E-state index in [2.05, 4.69) is 53.3 Å². The highest BCUT2D eigenvalue weighted by molar-refractivity contribution is 6.61. The Kier molecular flexibility index (Phi) is 7.16. The van der Waals surface area contributed by atoms with E-state index in [4.69, 9.17) is 13.8 Å². The molecule has 0 bridgehead atoms. The Balaban J connectivity index is 1.82. The smallest absolute Gasteiger partial charge is 0.355 e. The minimum atomic E-state index is -1.97. The van der Waals surface area contributed by atoms with E-state index in [1.807, 2.05) is 50.4 Å². The van der Waals surface area contributed by atoms with E-state index in [0.717, 1.165) is 39.1 Å². The summed E-state index contributed by atoms with van der Waals surface area (Å²) in [6.45, 7) is 7.33. The van der Waals surface area contributed by atoms with Crippen LogP contribution in [0.15, 0.2) is 79.1 Å². The van der Waals surface area contributed by atoms with Crippen LogP contribution in [0.4, 0.5) is 0 Å². The molecule has 0 saturated carbocycles. The van der Waals surface area contributed by atoms with E-state index in [-0.39, 0.29) is 0 Å². The summed E-state index contributed by atoms with van der Waals surface area (Å²) >= 11 is 0. The Bertz CT molecular complexity index is 1160. The molecular weight excluding hydrogens is 414 g/mol. The van der Waals surface area contributed by atoms with E-state index in [1.54, 1.807) is 6.20 Å². The fourth-order valence-corrected chi connectivity index (χ4v) is 5.12. The van der Waals surface area contributed by atoms with E-state index >= 15 is 0 Å². The third kappa shape index (κ3) is 5.16. The SMILES string of the molecule is CCO[SiH](OCC)c1ccnc(-c2cc(-c3ccc(C)cc3)cc(-c3ccccn3)n2)c1. The lowest BCUT2D eigenvalue weighted by Crippen LogP contribution is -2.37. The largest absolute Gasteiger partial charge is 0.394 e. The Hall–Kier alpha value is -3.19. The molecule has 4 rings (SSSR count). The summed E-state index contributed by atoms with van der Waals surface area (Å²) in [4.78, 5) is 14.1. The van der Waals surface area contributed by atoms with Crippen LogP contribution in [0.5, 0.6) is 0 Å². The monoisotopic (exact) mass is 441 g/mol. The number of aryl methyl sites for hydroxylation is 1. The summed E-state index contributed by atoms with van der Waals surface area (Å²) in [5, 5.41) is 1.06. The van der Waals surface area contributed by atoms with Gasteiger partial charge < -0.3 is 8.85 Å². The van der Waals surface area contributed by atoms with Crippen LogP contribution >= 0.6 is 0 Å². The quantitative estimate of drug-likeness (QED) is 0.372. The molecule has 0 aliphatic carbocycles. The molecule has 3 aromatic heterocycles. The highest BCUT2D eigenvalue weighted by atomic mass is 28.3. The molecule has 6 heteroatoms. The summed E-state index contributed by atoms with van der Waals surface area (Å²) in [7, 11) is -1.97. The fourth-order valence-electron chi connectivity index (χ4n) is 3.50. The second-order valence-electron chi connectivity index (χ2n) is 7.42. The van der Waals surface area contributed by atoms with Crippen LogP contribution < -0.4 is 5.19 Å². The van der Waals surface area contributed by atoms with Gasteiger partial charge in [-0.15, -0.1) is 0 Å². The van der Waals surface area contributed by atoms with Gasteiger partial charge in [0.2, 0.25) is 0 Å². The zero-order chi connectivity index (χ0) is 22.3.